The van der Waals surface area contributed by atoms with Crippen molar-refractivity contribution in [2.45, 2.75) is 110 Å². The molecule has 0 amide bonds. The molecule has 8 heteroatoms. The summed E-state index contributed by atoms with van der Waals surface area (Å²) in [5.41, 5.74) is -3.54. The number of carboxylic acids is 2. The molecule has 0 aromatic carbocycles. The van der Waals surface area contributed by atoms with Gasteiger partial charge in [0.2, 0.25) is 0 Å². The molecule has 0 unspecified atom stereocenters. The lowest BCUT2D eigenvalue weighted by molar-refractivity contribution is -0.347. The number of nitrogens with zero attached hydrogens (tertiary/aromatic N) is 2. The van der Waals surface area contributed by atoms with Crippen LogP contribution in [0.2, 0.25) is 0 Å². The van der Waals surface area contributed by atoms with Gasteiger partial charge in [-0.3, -0.25) is 0 Å². The van der Waals surface area contributed by atoms with Gasteiger partial charge in [0.1, 0.15) is 0 Å². The van der Waals surface area contributed by atoms with Gasteiger partial charge < -0.3 is 29.5 Å². The van der Waals surface area contributed by atoms with Gasteiger partial charge in [0.25, 0.3) is 0 Å². The second-order valence-corrected chi connectivity index (χ2v) is 12.3. The minimum absolute atomic E-state index is 0.424. The van der Waals surface area contributed by atoms with Crippen molar-refractivity contribution in [2.24, 2.45) is 17.3 Å². The summed E-state index contributed by atoms with van der Waals surface area (Å²) < 4.78 is 0. The van der Waals surface area contributed by atoms with Crippen LogP contribution in [0.15, 0.2) is 0 Å². The van der Waals surface area contributed by atoms with Crippen LogP contribution in [-0.4, -0.2) is 58.4 Å². The van der Waals surface area contributed by atoms with E-state index >= 15 is 0 Å². The van der Waals surface area contributed by atoms with Crippen LogP contribution in [0.25, 0.3) is 0 Å². The number of carboxylic acid groups (broad SMARTS) is 2. The highest BCUT2D eigenvalue weighted by Gasteiger charge is 2.59. The van der Waals surface area contributed by atoms with Gasteiger partial charge in [-0.15, -0.1) is 0 Å². The summed E-state index contributed by atoms with van der Waals surface area (Å²) in [6.45, 7) is 16.0. The number of piperidine rings is 2. The third-order valence-electron chi connectivity index (χ3n) is 7.82. The van der Waals surface area contributed by atoms with E-state index in [1.165, 1.54) is 0 Å². The highest BCUT2D eigenvalue weighted by Crippen LogP contribution is 2.57. The molecule has 2 heterocycles. The maximum absolute atomic E-state index is 13.0. The molecular formula is C24H42N2O6-2. The Kier molecular flexibility index (Phi) is 7.20. The van der Waals surface area contributed by atoms with Gasteiger partial charge in [0.15, 0.2) is 0 Å². The Morgan fingerprint density at radius 1 is 0.750 bits per heavy atom. The second-order valence-electron chi connectivity index (χ2n) is 12.3. The topological polar surface area (TPSA) is 105 Å². The van der Waals surface area contributed by atoms with E-state index in [-0.39, 0.29) is 0 Å². The predicted molar refractivity (Wildman–Crippen MR) is 117 cm³/mol. The number of carbonyl (C=O) groups excluding carboxylic acids is 2. The molecule has 0 saturated carbocycles. The largest absolute Gasteiger partial charge is 0.550 e. The van der Waals surface area contributed by atoms with E-state index in [4.69, 9.17) is 9.68 Å². The zero-order valence-corrected chi connectivity index (χ0v) is 21.5. The number of hydrogen-bond acceptors (Lipinski definition) is 8. The number of hydroxylamine groups is 4. The second kappa shape index (κ2) is 8.53. The lowest BCUT2D eigenvalue weighted by atomic mass is 9.53. The van der Waals surface area contributed by atoms with E-state index in [0.29, 0.717) is 25.7 Å². The lowest BCUT2D eigenvalue weighted by Crippen LogP contribution is -2.68. The molecule has 0 spiro atoms. The third-order valence-corrected chi connectivity index (χ3v) is 7.82. The van der Waals surface area contributed by atoms with Crippen molar-refractivity contribution in [2.75, 3.05) is 14.2 Å². The molecule has 0 aliphatic carbocycles. The first kappa shape index (κ1) is 27.0. The number of aliphatic carboxylic acids is 2. The molecule has 2 aliphatic rings. The molecule has 8 nitrogen and oxygen atoms in total. The van der Waals surface area contributed by atoms with E-state index in [1.54, 1.807) is 14.2 Å². The smallest absolute Gasteiger partial charge is 0.0575 e. The molecule has 2 fully saturated rings. The van der Waals surface area contributed by atoms with Crippen LogP contribution in [0.4, 0.5) is 0 Å². The van der Waals surface area contributed by atoms with Gasteiger partial charge in [0, 0.05) is 39.5 Å². The summed E-state index contributed by atoms with van der Waals surface area (Å²) in [7, 11) is 3.23. The predicted octanol–water partition coefficient (Wildman–Crippen LogP) is 1.52. The van der Waals surface area contributed by atoms with Gasteiger partial charge in [-0.1, -0.05) is 0 Å². The Bertz CT molecular complexity index is 650. The van der Waals surface area contributed by atoms with Gasteiger partial charge in [0.05, 0.1) is 14.2 Å². The Balaban J connectivity index is 2.66. The van der Waals surface area contributed by atoms with Crippen molar-refractivity contribution < 1.29 is 29.5 Å². The Hall–Kier alpha value is -1.22. The molecule has 0 bridgehead atoms. The molecule has 0 aromatic rings. The molecule has 2 aliphatic heterocycles. The van der Waals surface area contributed by atoms with Crippen LogP contribution >= 0.6 is 0 Å². The van der Waals surface area contributed by atoms with E-state index < -0.39 is 57.8 Å². The van der Waals surface area contributed by atoms with Crippen molar-refractivity contribution in [3.8, 4) is 0 Å². The molecule has 186 valence electrons. The molecule has 0 aromatic heterocycles. The molecule has 0 N–H and O–H groups in total. The fourth-order valence-corrected chi connectivity index (χ4v) is 7.51. The van der Waals surface area contributed by atoms with Crippen LogP contribution in [0.5, 0.6) is 0 Å². The lowest BCUT2D eigenvalue weighted by Gasteiger charge is -2.62. The van der Waals surface area contributed by atoms with Crippen LogP contribution in [0.3, 0.4) is 0 Å². The van der Waals surface area contributed by atoms with Crippen molar-refractivity contribution in [3.63, 3.8) is 0 Å². The summed E-state index contributed by atoms with van der Waals surface area (Å²) in [5, 5.41) is 28.8. The minimum Gasteiger partial charge on any atom is -0.550 e. The van der Waals surface area contributed by atoms with Crippen molar-refractivity contribution in [1.29, 1.82) is 0 Å². The van der Waals surface area contributed by atoms with E-state index in [1.807, 2.05) is 65.5 Å². The first-order chi connectivity index (χ1) is 14.4. The average Bonchev–Trinajstić information content (AvgIpc) is 2.55. The molecular weight excluding hydrogens is 412 g/mol. The van der Waals surface area contributed by atoms with Crippen LogP contribution in [0.1, 0.15) is 87.5 Å². The Labute approximate surface area is 193 Å². The zero-order chi connectivity index (χ0) is 24.9. The van der Waals surface area contributed by atoms with Gasteiger partial charge in [-0.05, 0) is 99.3 Å². The summed E-state index contributed by atoms with van der Waals surface area (Å²) in [4.78, 5) is 36.4. The van der Waals surface area contributed by atoms with Crippen LogP contribution in [-0.2, 0) is 19.3 Å². The van der Waals surface area contributed by atoms with E-state index in [0.717, 1.165) is 0 Å². The highest BCUT2D eigenvalue weighted by molar-refractivity contribution is 5.80. The normalized spacial score (nSPS) is 26.7. The van der Waals surface area contributed by atoms with Gasteiger partial charge in [-0.2, -0.15) is 10.1 Å². The molecule has 0 radical (unpaired) electrons. The summed E-state index contributed by atoms with van der Waals surface area (Å²) in [6, 6.07) is 0. The van der Waals surface area contributed by atoms with Crippen molar-refractivity contribution >= 4 is 11.9 Å². The maximum atomic E-state index is 13.0. The summed E-state index contributed by atoms with van der Waals surface area (Å²) in [5.74, 6) is -3.50. The zero-order valence-electron chi connectivity index (χ0n) is 21.5. The Morgan fingerprint density at radius 3 is 1.22 bits per heavy atom. The van der Waals surface area contributed by atoms with E-state index in [9.17, 15) is 19.8 Å². The number of carbonyl (C=O) groups is 2. The average molecular weight is 455 g/mol. The van der Waals surface area contributed by atoms with E-state index in [2.05, 4.69) is 0 Å². The fraction of sp³-hybridized carbons (Fsp3) is 0.917. The van der Waals surface area contributed by atoms with Crippen LogP contribution < -0.4 is 10.2 Å². The molecule has 2 saturated heterocycles. The SMILES string of the molecule is CON1C(C)(C)CC(C(CC(=O)[O-])(C(=O)[O-])C2CC(C)(C)N(OC)C(C)(C)C2)CC1(C)C. The van der Waals surface area contributed by atoms with Crippen LogP contribution in [0, 0.1) is 17.3 Å². The maximum Gasteiger partial charge on any atom is 0.0575 e. The fourth-order valence-electron chi connectivity index (χ4n) is 7.51. The minimum atomic E-state index is -1.57. The Morgan fingerprint density at radius 2 is 1.03 bits per heavy atom. The number of hydrogen-bond donors (Lipinski definition) is 0. The first-order valence-corrected chi connectivity index (χ1v) is 11.5. The molecule has 0 atom stereocenters. The number of rotatable bonds is 7. The summed E-state index contributed by atoms with van der Waals surface area (Å²) in [6.07, 6.45) is 1.31. The van der Waals surface area contributed by atoms with Crippen molar-refractivity contribution in [3.05, 3.63) is 0 Å². The first-order valence-electron chi connectivity index (χ1n) is 11.5. The van der Waals surface area contributed by atoms with Crippen molar-refractivity contribution in [1.82, 2.24) is 10.1 Å². The molecule has 2 rings (SSSR count). The van der Waals surface area contributed by atoms with Gasteiger partial charge in [-0.25, -0.2) is 0 Å². The quantitative estimate of drug-likeness (QED) is 0.570. The highest BCUT2D eigenvalue weighted by atomic mass is 16.7. The van der Waals surface area contributed by atoms with Gasteiger partial charge >= 0.3 is 0 Å². The monoisotopic (exact) mass is 454 g/mol. The summed E-state index contributed by atoms with van der Waals surface area (Å²) >= 11 is 0. The third kappa shape index (κ3) is 4.56. The standard InChI is InChI=1S/C24H44N2O6/c1-20(2)11-16(12-21(3,4)25(20)31-9)24(19(29)30,15-18(27)28)17-13-22(5,6)26(32-10)23(7,8)14-17/h16-17H,11-15H2,1-10H3,(H,27,28)(H,29,30)/p-2. The molecule has 32 heavy (non-hydrogen) atoms.